The molecule has 0 saturated heterocycles. The van der Waals surface area contributed by atoms with Gasteiger partial charge in [-0.05, 0) is 61.0 Å². The molecule has 0 atom stereocenters. The quantitative estimate of drug-likeness (QED) is 0.436. The zero-order valence-electron chi connectivity index (χ0n) is 16.9. The summed E-state index contributed by atoms with van der Waals surface area (Å²) in [6.07, 6.45) is 5.76. The van der Waals surface area contributed by atoms with Crippen molar-refractivity contribution in [2.45, 2.75) is 13.3 Å². The van der Waals surface area contributed by atoms with Gasteiger partial charge in [0.05, 0.1) is 17.6 Å². The number of hydrogen-bond acceptors (Lipinski definition) is 4. The Kier molecular flexibility index (Phi) is 4.80. The molecule has 5 rings (SSSR count). The van der Waals surface area contributed by atoms with Crippen molar-refractivity contribution >= 4 is 28.1 Å². The lowest BCUT2D eigenvalue weighted by Crippen LogP contribution is -2.14. The molecule has 0 bridgehead atoms. The number of aromatic nitrogens is 3. The summed E-state index contributed by atoms with van der Waals surface area (Å²) < 4.78 is 7.96. The van der Waals surface area contributed by atoms with Crippen molar-refractivity contribution in [3.63, 3.8) is 0 Å². The van der Waals surface area contributed by atoms with Crippen molar-refractivity contribution in [2.24, 2.45) is 0 Å². The van der Waals surface area contributed by atoms with Crippen LogP contribution in [0.4, 0.5) is 5.69 Å². The maximum Gasteiger partial charge on any atom is 0.230 e. The third-order valence-corrected chi connectivity index (χ3v) is 5.04. The summed E-state index contributed by atoms with van der Waals surface area (Å²) in [4.78, 5) is 21.4. The van der Waals surface area contributed by atoms with Crippen LogP contribution in [-0.2, 0) is 11.2 Å². The molecule has 6 nitrogen and oxygen atoms in total. The normalized spacial score (nSPS) is 11.0. The Morgan fingerprint density at radius 1 is 1.03 bits per heavy atom. The number of nitrogens with zero attached hydrogens (tertiary/aromatic N) is 3. The number of imidazole rings is 1. The Morgan fingerprint density at radius 2 is 1.87 bits per heavy atom. The van der Waals surface area contributed by atoms with Crippen molar-refractivity contribution in [1.29, 1.82) is 0 Å². The van der Waals surface area contributed by atoms with E-state index in [0.717, 1.165) is 33.6 Å². The lowest BCUT2D eigenvalue weighted by Gasteiger charge is -2.09. The van der Waals surface area contributed by atoms with Crippen LogP contribution in [0.3, 0.4) is 0 Å². The highest BCUT2D eigenvalue weighted by molar-refractivity contribution is 5.92. The summed E-state index contributed by atoms with van der Waals surface area (Å²) in [5.41, 5.74) is 4.27. The molecule has 1 amide bonds. The van der Waals surface area contributed by atoms with E-state index in [1.807, 2.05) is 90.4 Å². The largest absolute Gasteiger partial charge is 0.457 e. The predicted octanol–water partition coefficient (Wildman–Crippen LogP) is 5.16. The number of benzene rings is 2. The Labute approximate surface area is 179 Å². The maximum absolute atomic E-state index is 12.5. The van der Waals surface area contributed by atoms with Gasteiger partial charge in [0.15, 0.2) is 0 Å². The number of rotatable bonds is 5. The second-order valence-electron chi connectivity index (χ2n) is 7.33. The maximum atomic E-state index is 12.5. The lowest BCUT2D eigenvalue weighted by atomic mass is 10.2. The number of nitrogens with one attached hydrogen (secondary N) is 1. The second kappa shape index (κ2) is 7.91. The zero-order valence-corrected chi connectivity index (χ0v) is 16.9. The SMILES string of the molecule is Cc1cccn2cc(CC(=O)Nc3ccc(Oc4ccnc5ccccc45)cc3)nc12. The number of aryl methyl sites for hydroxylation is 1. The highest BCUT2D eigenvalue weighted by Crippen LogP contribution is 2.29. The van der Waals surface area contributed by atoms with Crippen molar-refractivity contribution in [2.75, 3.05) is 5.32 Å². The number of hydrogen-bond donors (Lipinski definition) is 1. The molecule has 2 aromatic carbocycles. The van der Waals surface area contributed by atoms with E-state index in [4.69, 9.17) is 4.74 Å². The molecule has 0 aliphatic heterocycles. The van der Waals surface area contributed by atoms with Crippen molar-refractivity contribution in [1.82, 2.24) is 14.4 Å². The number of carbonyl (C=O) groups excluding carboxylic acids is 1. The van der Waals surface area contributed by atoms with Gasteiger partial charge in [0, 0.05) is 29.7 Å². The van der Waals surface area contributed by atoms with Crippen LogP contribution in [0.1, 0.15) is 11.3 Å². The number of fused-ring (bicyclic) bond motifs is 2. The summed E-state index contributed by atoms with van der Waals surface area (Å²) in [7, 11) is 0. The van der Waals surface area contributed by atoms with Gasteiger partial charge in [-0.15, -0.1) is 0 Å². The molecular weight excluding hydrogens is 388 g/mol. The topological polar surface area (TPSA) is 68.5 Å². The van der Waals surface area contributed by atoms with E-state index in [1.54, 1.807) is 6.20 Å². The number of ether oxygens (including phenoxy) is 1. The van der Waals surface area contributed by atoms with Crippen LogP contribution in [0.15, 0.2) is 85.3 Å². The van der Waals surface area contributed by atoms with Crippen LogP contribution >= 0.6 is 0 Å². The average molecular weight is 408 g/mol. The number of para-hydroxylation sites is 1. The molecule has 1 N–H and O–H groups in total. The molecule has 0 aliphatic carbocycles. The summed E-state index contributed by atoms with van der Waals surface area (Å²) >= 11 is 0. The Hall–Kier alpha value is -4.19. The fraction of sp³-hybridized carbons (Fsp3) is 0.0800. The molecule has 0 aliphatic rings. The van der Waals surface area contributed by atoms with E-state index in [9.17, 15) is 4.79 Å². The van der Waals surface area contributed by atoms with Crippen LogP contribution in [0.25, 0.3) is 16.6 Å². The first-order valence-corrected chi connectivity index (χ1v) is 10.0. The standard InChI is InChI=1S/C25H20N4O2/c1-17-5-4-14-29-16-19(28-25(17)29)15-24(30)27-18-8-10-20(11-9-18)31-23-12-13-26-22-7-3-2-6-21(22)23/h2-14,16H,15H2,1H3,(H,27,30). The van der Waals surface area contributed by atoms with Crippen molar-refractivity contribution in [3.05, 3.63) is 96.6 Å². The fourth-order valence-corrected chi connectivity index (χ4v) is 3.55. The number of amides is 1. The van der Waals surface area contributed by atoms with Crippen LogP contribution in [0.2, 0.25) is 0 Å². The molecule has 0 saturated carbocycles. The zero-order chi connectivity index (χ0) is 21.2. The van der Waals surface area contributed by atoms with E-state index >= 15 is 0 Å². The van der Waals surface area contributed by atoms with E-state index in [1.165, 1.54) is 0 Å². The van der Waals surface area contributed by atoms with Crippen LogP contribution in [-0.4, -0.2) is 20.3 Å². The molecule has 0 radical (unpaired) electrons. The molecule has 3 heterocycles. The smallest absolute Gasteiger partial charge is 0.230 e. The minimum absolute atomic E-state index is 0.116. The minimum atomic E-state index is -0.116. The predicted molar refractivity (Wildman–Crippen MR) is 121 cm³/mol. The number of anilines is 1. The molecule has 0 fully saturated rings. The molecule has 6 heteroatoms. The third-order valence-electron chi connectivity index (χ3n) is 5.04. The van der Waals surface area contributed by atoms with Crippen molar-refractivity contribution < 1.29 is 9.53 Å². The second-order valence-corrected chi connectivity index (χ2v) is 7.33. The fourth-order valence-electron chi connectivity index (χ4n) is 3.55. The highest BCUT2D eigenvalue weighted by Gasteiger charge is 2.10. The summed E-state index contributed by atoms with van der Waals surface area (Å²) in [5, 5.41) is 3.87. The summed E-state index contributed by atoms with van der Waals surface area (Å²) in [5.74, 6) is 1.31. The molecule has 152 valence electrons. The minimum Gasteiger partial charge on any atom is -0.457 e. The van der Waals surface area contributed by atoms with Gasteiger partial charge >= 0.3 is 0 Å². The summed E-state index contributed by atoms with van der Waals surface area (Å²) in [6, 6.07) is 21.0. The lowest BCUT2D eigenvalue weighted by molar-refractivity contribution is -0.115. The Bertz CT molecular complexity index is 1380. The average Bonchev–Trinajstić information content (AvgIpc) is 3.19. The first-order valence-electron chi connectivity index (χ1n) is 10.0. The van der Waals surface area contributed by atoms with Gasteiger partial charge in [-0.3, -0.25) is 9.78 Å². The van der Waals surface area contributed by atoms with Crippen LogP contribution in [0, 0.1) is 6.92 Å². The van der Waals surface area contributed by atoms with Crippen LogP contribution in [0.5, 0.6) is 11.5 Å². The number of pyridine rings is 2. The third kappa shape index (κ3) is 3.96. The van der Waals surface area contributed by atoms with E-state index in [-0.39, 0.29) is 12.3 Å². The monoisotopic (exact) mass is 408 g/mol. The van der Waals surface area contributed by atoms with E-state index in [0.29, 0.717) is 11.4 Å². The molecule has 3 aromatic heterocycles. The van der Waals surface area contributed by atoms with Crippen molar-refractivity contribution in [3.8, 4) is 11.5 Å². The van der Waals surface area contributed by atoms with E-state index < -0.39 is 0 Å². The first-order chi connectivity index (χ1) is 15.2. The van der Waals surface area contributed by atoms with Crippen LogP contribution < -0.4 is 10.1 Å². The summed E-state index contributed by atoms with van der Waals surface area (Å²) in [6.45, 7) is 2.00. The van der Waals surface area contributed by atoms with Gasteiger partial charge in [0.1, 0.15) is 17.1 Å². The van der Waals surface area contributed by atoms with Gasteiger partial charge in [0.2, 0.25) is 5.91 Å². The van der Waals surface area contributed by atoms with Gasteiger partial charge in [-0.25, -0.2) is 4.98 Å². The first kappa shape index (κ1) is 18.8. The number of carbonyl (C=O) groups is 1. The molecule has 0 spiro atoms. The molecule has 5 aromatic rings. The highest BCUT2D eigenvalue weighted by atomic mass is 16.5. The molecule has 0 unspecified atom stereocenters. The molecular formula is C25H20N4O2. The van der Waals surface area contributed by atoms with Gasteiger partial charge in [0.25, 0.3) is 0 Å². The van der Waals surface area contributed by atoms with Gasteiger partial charge in [-0.2, -0.15) is 0 Å². The molecule has 31 heavy (non-hydrogen) atoms. The Morgan fingerprint density at radius 3 is 2.71 bits per heavy atom. The van der Waals surface area contributed by atoms with Gasteiger partial charge in [-0.1, -0.05) is 18.2 Å². The Balaban J connectivity index is 1.26. The van der Waals surface area contributed by atoms with Gasteiger partial charge < -0.3 is 14.5 Å². The van der Waals surface area contributed by atoms with E-state index in [2.05, 4.69) is 15.3 Å².